The van der Waals surface area contributed by atoms with Crippen molar-refractivity contribution in [3.63, 3.8) is 0 Å². The number of nitrogens with one attached hydrogen (secondary N) is 1. The Morgan fingerprint density at radius 2 is 2.04 bits per heavy atom. The number of aromatic amines is 1. The minimum atomic E-state index is -0.198. The van der Waals surface area contributed by atoms with Crippen molar-refractivity contribution in [2.75, 3.05) is 18.0 Å². The van der Waals surface area contributed by atoms with Gasteiger partial charge >= 0.3 is 5.69 Å². The summed E-state index contributed by atoms with van der Waals surface area (Å²) < 4.78 is 1.68. The topological polar surface area (TPSA) is 79.7 Å². The highest BCUT2D eigenvalue weighted by molar-refractivity contribution is 5.39. The van der Waals surface area contributed by atoms with Crippen LogP contribution in [0.2, 0.25) is 0 Å². The second-order valence-electron chi connectivity index (χ2n) is 6.31. The van der Waals surface area contributed by atoms with Crippen molar-refractivity contribution in [2.45, 2.75) is 25.7 Å². The number of benzene rings is 1. The van der Waals surface area contributed by atoms with Gasteiger partial charge in [0.05, 0.1) is 5.69 Å². The van der Waals surface area contributed by atoms with E-state index < -0.39 is 0 Å². The van der Waals surface area contributed by atoms with Crippen LogP contribution in [0, 0.1) is 6.92 Å². The van der Waals surface area contributed by atoms with Crippen LogP contribution >= 0.6 is 0 Å². The van der Waals surface area contributed by atoms with Crippen molar-refractivity contribution in [1.82, 2.24) is 24.7 Å². The smallest absolute Gasteiger partial charge is 0.347 e. The SMILES string of the molecule is Cc1nccc(N2CCC[C@H](c3n[nH]c(=O)n3-c3ccccc3)C2)n1. The van der Waals surface area contributed by atoms with E-state index in [0.717, 1.165) is 49.1 Å². The van der Waals surface area contributed by atoms with Crippen LogP contribution in [0.15, 0.2) is 47.4 Å². The Labute approximate surface area is 145 Å². The van der Waals surface area contributed by atoms with Gasteiger partial charge in [0.25, 0.3) is 0 Å². The van der Waals surface area contributed by atoms with E-state index in [-0.39, 0.29) is 11.6 Å². The van der Waals surface area contributed by atoms with Crippen LogP contribution in [0.5, 0.6) is 0 Å². The maximum Gasteiger partial charge on any atom is 0.347 e. The van der Waals surface area contributed by atoms with Gasteiger partial charge in [-0.25, -0.2) is 24.4 Å². The van der Waals surface area contributed by atoms with Gasteiger partial charge in [0, 0.05) is 25.2 Å². The van der Waals surface area contributed by atoms with E-state index in [9.17, 15) is 4.79 Å². The average Bonchev–Trinajstić information content (AvgIpc) is 3.04. The predicted molar refractivity (Wildman–Crippen MR) is 95.1 cm³/mol. The highest BCUT2D eigenvalue weighted by atomic mass is 16.1. The number of hydrogen-bond donors (Lipinski definition) is 1. The molecule has 0 aliphatic carbocycles. The van der Waals surface area contributed by atoms with E-state index in [2.05, 4.69) is 25.1 Å². The van der Waals surface area contributed by atoms with Crippen LogP contribution in [0.1, 0.15) is 30.4 Å². The monoisotopic (exact) mass is 336 g/mol. The second kappa shape index (κ2) is 6.51. The number of nitrogens with zero attached hydrogens (tertiary/aromatic N) is 5. The third kappa shape index (κ3) is 3.05. The quantitative estimate of drug-likeness (QED) is 0.792. The molecule has 1 atom stereocenters. The van der Waals surface area contributed by atoms with E-state index in [1.807, 2.05) is 43.3 Å². The van der Waals surface area contributed by atoms with Gasteiger partial charge in [0.2, 0.25) is 0 Å². The largest absolute Gasteiger partial charge is 0.356 e. The molecule has 0 amide bonds. The molecular formula is C18H20N6O. The van der Waals surface area contributed by atoms with Gasteiger partial charge in [-0.1, -0.05) is 18.2 Å². The average molecular weight is 336 g/mol. The molecule has 1 aromatic carbocycles. The van der Waals surface area contributed by atoms with E-state index >= 15 is 0 Å². The fourth-order valence-corrected chi connectivity index (χ4v) is 3.43. The molecule has 0 radical (unpaired) electrons. The van der Waals surface area contributed by atoms with Crippen LogP contribution in [-0.4, -0.2) is 37.8 Å². The molecule has 1 aliphatic rings. The third-order valence-corrected chi connectivity index (χ3v) is 4.58. The molecule has 0 saturated carbocycles. The first-order chi connectivity index (χ1) is 12.2. The molecule has 1 saturated heterocycles. The summed E-state index contributed by atoms with van der Waals surface area (Å²) in [7, 11) is 0. The molecule has 7 heteroatoms. The molecule has 128 valence electrons. The third-order valence-electron chi connectivity index (χ3n) is 4.58. The van der Waals surface area contributed by atoms with Gasteiger partial charge < -0.3 is 4.90 Å². The van der Waals surface area contributed by atoms with Crippen molar-refractivity contribution in [2.24, 2.45) is 0 Å². The zero-order valence-corrected chi connectivity index (χ0v) is 14.1. The summed E-state index contributed by atoms with van der Waals surface area (Å²) in [6.07, 6.45) is 3.82. The van der Waals surface area contributed by atoms with Crippen molar-refractivity contribution in [1.29, 1.82) is 0 Å². The lowest BCUT2D eigenvalue weighted by Gasteiger charge is -2.33. The minimum Gasteiger partial charge on any atom is -0.356 e. The summed E-state index contributed by atoms with van der Waals surface area (Å²) in [6, 6.07) is 11.6. The molecule has 7 nitrogen and oxygen atoms in total. The number of aryl methyl sites for hydroxylation is 1. The number of para-hydroxylation sites is 1. The van der Waals surface area contributed by atoms with Crippen LogP contribution in [0.3, 0.4) is 0 Å². The van der Waals surface area contributed by atoms with Crippen molar-refractivity contribution < 1.29 is 0 Å². The van der Waals surface area contributed by atoms with E-state index in [4.69, 9.17) is 0 Å². The molecule has 1 N–H and O–H groups in total. The molecule has 1 aliphatic heterocycles. The van der Waals surface area contributed by atoms with Crippen LogP contribution in [0.4, 0.5) is 5.82 Å². The molecule has 3 heterocycles. The summed E-state index contributed by atoms with van der Waals surface area (Å²) in [5.41, 5.74) is 0.641. The van der Waals surface area contributed by atoms with Crippen molar-refractivity contribution in [3.05, 3.63) is 64.7 Å². The zero-order chi connectivity index (χ0) is 17.2. The van der Waals surface area contributed by atoms with E-state index in [1.54, 1.807) is 10.8 Å². The van der Waals surface area contributed by atoms with Gasteiger partial charge in [-0.3, -0.25) is 0 Å². The number of rotatable bonds is 3. The minimum absolute atomic E-state index is 0.170. The molecule has 0 unspecified atom stereocenters. The summed E-state index contributed by atoms with van der Waals surface area (Å²) >= 11 is 0. The highest BCUT2D eigenvalue weighted by Crippen LogP contribution is 2.28. The first-order valence-corrected chi connectivity index (χ1v) is 8.50. The molecule has 3 aromatic rings. The van der Waals surface area contributed by atoms with Crippen molar-refractivity contribution in [3.8, 4) is 5.69 Å². The standard InChI is InChI=1S/C18H20N6O/c1-13-19-10-9-16(20-13)23-11-5-6-14(12-23)17-21-22-18(25)24(17)15-7-3-2-4-8-15/h2-4,7-10,14H,5-6,11-12H2,1H3,(H,22,25)/t14-/m0/s1. The highest BCUT2D eigenvalue weighted by Gasteiger charge is 2.27. The first kappa shape index (κ1) is 15.6. The first-order valence-electron chi connectivity index (χ1n) is 8.50. The maximum atomic E-state index is 12.3. The van der Waals surface area contributed by atoms with Crippen molar-refractivity contribution >= 4 is 5.82 Å². The fourth-order valence-electron chi connectivity index (χ4n) is 3.43. The van der Waals surface area contributed by atoms with Crippen LogP contribution < -0.4 is 10.6 Å². The summed E-state index contributed by atoms with van der Waals surface area (Å²) in [5.74, 6) is 2.65. The molecule has 25 heavy (non-hydrogen) atoms. The Kier molecular flexibility index (Phi) is 4.05. The van der Waals surface area contributed by atoms with E-state index in [0.29, 0.717) is 0 Å². The van der Waals surface area contributed by atoms with Gasteiger partial charge in [0.1, 0.15) is 17.5 Å². The number of H-pyrrole nitrogens is 1. The number of hydrogen-bond acceptors (Lipinski definition) is 5. The molecule has 1 fully saturated rings. The lowest BCUT2D eigenvalue weighted by atomic mass is 9.97. The zero-order valence-electron chi connectivity index (χ0n) is 14.1. The molecule has 0 spiro atoms. The van der Waals surface area contributed by atoms with Gasteiger partial charge in [-0.05, 0) is 38.0 Å². The molecule has 4 rings (SSSR count). The Hall–Kier alpha value is -2.96. The summed E-state index contributed by atoms with van der Waals surface area (Å²) in [5, 5.41) is 6.94. The Bertz CT molecular complexity index is 917. The number of piperidine rings is 1. The predicted octanol–water partition coefficient (Wildman–Crippen LogP) is 2.04. The lowest BCUT2D eigenvalue weighted by molar-refractivity contribution is 0.482. The lowest BCUT2D eigenvalue weighted by Crippen LogP contribution is -2.36. The van der Waals surface area contributed by atoms with Gasteiger partial charge in [-0.15, -0.1) is 0 Å². The van der Waals surface area contributed by atoms with Gasteiger partial charge in [-0.2, -0.15) is 5.10 Å². The fraction of sp³-hybridized carbons (Fsp3) is 0.333. The normalized spacial score (nSPS) is 17.6. The second-order valence-corrected chi connectivity index (χ2v) is 6.31. The molecule has 0 bridgehead atoms. The molecular weight excluding hydrogens is 316 g/mol. The Balaban J connectivity index is 1.66. The van der Waals surface area contributed by atoms with E-state index in [1.165, 1.54) is 0 Å². The number of anilines is 1. The summed E-state index contributed by atoms with van der Waals surface area (Å²) in [6.45, 7) is 3.63. The molecule has 2 aromatic heterocycles. The maximum absolute atomic E-state index is 12.3. The van der Waals surface area contributed by atoms with Crippen LogP contribution in [-0.2, 0) is 0 Å². The Morgan fingerprint density at radius 3 is 2.84 bits per heavy atom. The number of aromatic nitrogens is 5. The van der Waals surface area contributed by atoms with Gasteiger partial charge in [0.15, 0.2) is 0 Å². The Morgan fingerprint density at radius 1 is 1.20 bits per heavy atom. The summed E-state index contributed by atoms with van der Waals surface area (Å²) in [4.78, 5) is 23.2. The van der Waals surface area contributed by atoms with Crippen LogP contribution in [0.25, 0.3) is 5.69 Å².